The van der Waals surface area contributed by atoms with Crippen molar-refractivity contribution in [1.29, 1.82) is 0 Å². The molecule has 0 aliphatic carbocycles. The van der Waals surface area contributed by atoms with Crippen LogP contribution in [0, 0.1) is 5.92 Å². The van der Waals surface area contributed by atoms with Crippen LogP contribution < -0.4 is 19.1 Å². The quantitative estimate of drug-likeness (QED) is 0.655. The molecule has 1 aliphatic heterocycles. The number of rotatable bonds is 9. The molecule has 0 bridgehead atoms. The molecule has 29 heavy (non-hydrogen) atoms. The Morgan fingerprint density at radius 3 is 2.34 bits per heavy atom. The number of hydrogen-bond acceptors (Lipinski definition) is 5. The fraction of sp³-hybridized carbons (Fsp3) is 0.571. The van der Waals surface area contributed by atoms with Gasteiger partial charge >= 0.3 is 0 Å². The van der Waals surface area contributed by atoms with Gasteiger partial charge in [-0.05, 0) is 30.9 Å². The minimum Gasteiger partial charge on any atom is -0.493 e. The summed E-state index contributed by atoms with van der Waals surface area (Å²) in [6.07, 6.45) is 4.13. The van der Waals surface area contributed by atoms with Crippen LogP contribution in [0.25, 0.3) is 5.57 Å². The van der Waals surface area contributed by atoms with E-state index in [4.69, 9.17) is 9.47 Å². The largest absolute Gasteiger partial charge is 0.493 e. The summed E-state index contributed by atoms with van der Waals surface area (Å²) in [5.74, 6) is 0.671. The van der Waals surface area contributed by atoms with Crippen LogP contribution in [-0.4, -0.2) is 42.1 Å². The number of benzene rings is 1. The molecule has 1 aliphatic rings. The number of ether oxygens (including phenoxy) is 2. The van der Waals surface area contributed by atoms with Crippen molar-refractivity contribution in [1.82, 2.24) is 5.32 Å². The number of sulfonamides is 1. The van der Waals surface area contributed by atoms with E-state index >= 15 is 0 Å². The molecular weight excluding hydrogens is 392 g/mol. The SMILES string of the molecule is CCCCC(CC)CNC(=O)C1=C(C)c2cc(OC)c(OC)cc2N(C)S1(=O)=O. The highest BCUT2D eigenvalue weighted by Crippen LogP contribution is 2.44. The molecule has 162 valence electrons. The Balaban J connectivity index is 2.44. The van der Waals surface area contributed by atoms with Crippen LogP contribution in [0.4, 0.5) is 5.69 Å². The first kappa shape index (κ1) is 23.1. The third-order valence-corrected chi connectivity index (χ3v) is 7.43. The lowest BCUT2D eigenvalue weighted by atomic mass is 9.99. The van der Waals surface area contributed by atoms with Gasteiger partial charge in [0.2, 0.25) is 0 Å². The van der Waals surface area contributed by atoms with Gasteiger partial charge in [-0.2, -0.15) is 0 Å². The maximum atomic E-state index is 13.1. The van der Waals surface area contributed by atoms with Crippen LogP contribution in [0.1, 0.15) is 52.0 Å². The van der Waals surface area contributed by atoms with Crippen molar-refractivity contribution >= 4 is 27.2 Å². The van der Waals surface area contributed by atoms with Gasteiger partial charge in [0.15, 0.2) is 16.4 Å². The van der Waals surface area contributed by atoms with E-state index in [-0.39, 0.29) is 4.91 Å². The molecule has 0 radical (unpaired) electrons. The standard InChI is InChI=1S/C21H32N2O5S/c1-7-9-10-15(8-2)13-22-21(24)20-14(3)16-11-18(27-5)19(28-6)12-17(16)23(4)29(20,25)26/h11-12,15H,7-10,13H2,1-6H3,(H,22,24). The summed E-state index contributed by atoms with van der Waals surface area (Å²) in [7, 11) is 0.472. The van der Waals surface area contributed by atoms with E-state index in [0.29, 0.717) is 40.8 Å². The van der Waals surface area contributed by atoms with Crippen LogP contribution in [0.2, 0.25) is 0 Å². The van der Waals surface area contributed by atoms with Crippen LogP contribution in [0.15, 0.2) is 17.0 Å². The molecule has 0 saturated heterocycles. The minimum absolute atomic E-state index is 0.218. The monoisotopic (exact) mass is 424 g/mol. The first-order chi connectivity index (χ1) is 13.7. The highest BCUT2D eigenvalue weighted by Gasteiger charge is 2.38. The summed E-state index contributed by atoms with van der Waals surface area (Å²) in [5.41, 5.74) is 1.48. The minimum atomic E-state index is -3.98. The van der Waals surface area contributed by atoms with Crippen LogP contribution in [-0.2, 0) is 14.8 Å². The Bertz CT molecular complexity index is 893. The molecular formula is C21H32N2O5S. The summed E-state index contributed by atoms with van der Waals surface area (Å²) in [5, 5.41) is 2.84. The molecule has 0 aromatic heterocycles. The zero-order valence-corrected chi connectivity index (χ0v) is 19.0. The highest BCUT2D eigenvalue weighted by molar-refractivity contribution is 7.97. The number of hydrogen-bond donors (Lipinski definition) is 1. The fourth-order valence-corrected chi connectivity index (χ4v) is 5.05. The van der Waals surface area contributed by atoms with Crippen LogP contribution in [0.5, 0.6) is 11.5 Å². The molecule has 0 fully saturated rings. The second-order valence-electron chi connectivity index (χ2n) is 7.28. The Morgan fingerprint density at radius 1 is 1.17 bits per heavy atom. The molecule has 1 atom stereocenters. The molecule has 7 nitrogen and oxygen atoms in total. The summed E-state index contributed by atoms with van der Waals surface area (Å²) in [6.45, 7) is 6.32. The lowest BCUT2D eigenvalue weighted by Crippen LogP contribution is -2.40. The van der Waals surface area contributed by atoms with E-state index in [0.717, 1.165) is 30.0 Å². The first-order valence-corrected chi connectivity index (χ1v) is 11.4. The number of carbonyl (C=O) groups excluding carboxylic acids is 1. The Morgan fingerprint density at radius 2 is 1.79 bits per heavy atom. The smallest absolute Gasteiger partial charge is 0.269 e. The normalized spacial score (nSPS) is 16.3. The summed E-state index contributed by atoms with van der Waals surface area (Å²) in [4.78, 5) is 12.7. The highest BCUT2D eigenvalue weighted by atomic mass is 32.2. The average Bonchev–Trinajstić information content (AvgIpc) is 2.71. The van der Waals surface area contributed by atoms with Gasteiger partial charge in [0.1, 0.15) is 0 Å². The lowest BCUT2D eigenvalue weighted by Gasteiger charge is -2.30. The second kappa shape index (κ2) is 9.52. The van der Waals surface area contributed by atoms with Crippen molar-refractivity contribution in [2.24, 2.45) is 5.92 Å². The Labute approximate surface area is 174 Å². The van der Waals surface area contributed by atoms with Crippen molar-refractivity contribution in [3.63, 3.8) is 0 Å². The van der Waals surface area contributed by atoms with Gasteiger partial charge in [0.05, 0.1) is 19.9 Å². The van der Waals surface area contributed by atoms with Crippen molar-refractivity contribution in [2.75, 3.05) is 32.1 Å². The number of anilines is 1. The van der Waals surface area contributed by atoms with Gasteiger partial charge in [-0.15, -0.1) is 0 Å². The van der Waals surface area contributed by atoms with Crippen LogP contribution in [0.3, 0.4) is 0 Å². The third-order valence-electron chi connectivity index (χ3n) is 5.51. The zero-order valence-electron chi connectivity index (χ0n) is 18.2. The summed E-state index contributed by atoms with van der Waals surface area (Å²) >= 11 is 0. The average molecular weight is 425 g/mol. The molecule has 1 amide bonds. The predicted octanol–water partition coefficient (Wildman–Crippen LogP) is 3.55. The molecule has 1 aromatic carbocycles. The topological polar surface area (TPSA) is 84.9 Å². The van der Waals surface area contributed by atoms with Crippen LogP contribution >= 0.6 is 0 Å². The van der Waals surface area contributed by atoms with E-state index in [1.165, 1.54) is 21.3 Å². The van der Waals surface area contributed by atoms with E-state index in [9.17, 15) is 13.2 Å². The number of amides is 1. The summed E-state index contributed by atoms with van der Waals surface area (Å²) < 4.78 is 38.0. The zero-order chi connectivity index (χ0) is 21.8. The Kier molecular flexibility index (Phi) is 7.57. The van der Waals surface area contributed by atoms with E-state index in [1.807, 2.05) is 0 Å². The predicted molar refractivity (Wildman–Crippen MR) is 116 cm³/mol. The van der Waals surface area contributed by atoms with Crippen molar-refractivity contribution < 1.29 is 22.7 Å². The second-order valence-corrected chi connectivity index (χ2v) is 9.18. The van der Waals surface area contributed by atoms with Gasteiger partial charge in [-0.1, -0.05) is 33.1 Å². The summed E-state index contributed by atoms with van der Waals surface area (Å²) in [6, 6.07) is 3.32. The molecule has 8 heteroatoms. The van der Waals surface area contributed by atoms with Crippen molar-refractivity contribution in [3.8, 4) is 11.5 Å². The Hall–Kier alpha value is -2.22. The van der Waals surface area contributed by atoms with E-state index < -0.39 is 15.9 Å². The van der Waals surface area contributed by atoms with Gasteiger partial charge < -0.3 is 14.8 Å². The lowest BCUT2D eigenvalue weighted by molar-refractivity contribution is -0.117. The van der Waals surface area contributed by atoms with Crippen molar-refractivity contribution in [2.45, 2.75) is 46.5 Å². The number of methoxy groups -OCH3 is 2. The number of nitrogens with one attached hydrogen (secondary N) is 1. The molecule has 1 aromatic rings. The van der Waals surface area contributed by atoms with Gasteiger partial charge in [0, 0.05) is 25.2 Å². The maximum Gasteiger partial charge on any atom is 0.269 e. The van der Waals surface area contributed by atoms with Gasteiger partial charge in [-0.3, -0.25) is 9.10 Å². The molecule has 1 heterocycles. The molecule has 2 rings (SSSR count). The molecule has 1 unspecified atom stereocenters. The molecule has 0 saturated carbocycles. The first-order valence-electron chi connectivity index (χ1n) is 9.97. The third kappa shape index (κ3) is 4.52. The van der Waals surface area contributed by atoms with E-state index in [1.54, 1.807) is 19.1 Å². The number of nitrogens with zero attached hydrogens (tertiary/aromatic N) is 1. The van der Waals surface area contributed by atoms with E-state index in [2.05, 4.69) is 19.2 Å². The molecule has 0 spiro atoms. The fourth-order valence-electron chi connectivity index (χ4n) is 3.56. The number of unbranched alkanes of at least 4 members (excludes halogenated alkanes) is 1. The number of carbonyl (C=O) groups is 1. The number of fused-ring (bicyclic) bond motifs is 1. The maximum absolute atomic E-state index is 13.1. The van der Waals surface area contributed by atoms with Crippen molar-refractivity contribution in [3.05, 3.63) is 22.6 Å². The molecule has 1 N–H and O–H groups in total. The number of allylic oxidation sites excluding steroid dienone is 1. The van der Waals surface area contributed by atoms with Gasteiger partial charge in [0.25, 0.3) is 15.9 Å². The van der Waals surface area contributed by atoms with Gasteiger partial charge in [-0.25, -0.2) is 8.42 Å².